The van der Waals surface area contributed by atoms with Crippen molar-refractivity contribution in [2.45, 2.75) is 6.61 Å². The van der Waals surface area contributed by atoms with E-state index in [1.54, 1.807) is 7.11 Å². The Kier molecular flexibility index (Phi) is 4.56. The van der Waals surface area contributed by atoms with Crippen LogP contribution in [0.25, 0.3) is 0 Å². The van der Waals surface area contributed by atoms with E-state index in [0.717, 1.165) is 28.3 Å². The van der Waals surface area contributed by atoms with Crippen molar-refractivity contribution in [3.8, 4) is 11.5 Å². The molecule has 0 unspecified atom stereocenters. The second-order valence-electron chi connectivity index (χ2n) is 4.79. The zero-order chi connectivity index (χ0) is 15.2. The van der Waals surface area contributed by atoms with Crippen LogP contribution >= 0.6 is 0 Å². The molecule has 0 radical (unpaired) electrons. The smallest absolute Gasteiger partial charge is 0.216 e. The Morgan fingerprint density at radius 1 is 1.14 bits per heavy atom. The first-order chi connectivity index (χ1) is 10.9. The van der Waals surface area contributed by atoms with Gasteiger partial charge < -0.3 is 19.0 Å². The molecule has 1 aliphatic heterocycles. The van der Waals surface area contributed by atoms with Crippen molar-refractivity contribution in [1.82, 2.24) is 0 Å². The van der Waals surface area contributed by atoms with E-state index in [4.69, 9.17) is 19.0 Å². The first-order valence-electron chi connectivity index (χ1n) is 6.98. The van der Waals surface area contributed by atoms with Gasteiger partial charge in [0, 0.05) is 18.7 Å². The highest BCUT2D eigenvalue weighted by Crippen LogP contribution is 2.30. The number of fused-ring (bicyclic) bond motifs is 1. The molecule has 114 valence electrons. The summed E-state index contributed by atoms with van der Waals surface area (Å²) in [5.74, 6) is 1.52. The Hall–Kier alpha value is -2.53. The predicted octanol–water partition coefficient (Wildman–Crippen LogP) is 2.98. The molecular formula is C17H17NO4. The van der Waals surface area contributed by atoms with Crippen LogP contribution in [0.2, 0.25) is 0 Å². The first-order valence-corrected chi connectivity index (χ1v) is 6.98. The normalized spacial score (nSPS) is 14.5. The maximum absolute atomic E-state index is 5.78. The summed E-state index contributed by atoms with van der Waals surface area (Å²) >= 11 is 0. The Labute approximate surface area is 129 Å². The van der Waals surface area contributed by atoms with Crippen molar-refractivity contribution in [3.05, 3.63) is 59.7 Å². The van der Waals surface area contributed by atoms with Crippen LogP contribution in [-0.2, 0) is 16.2 Å². The Bertz CT molecular complexity index is 655. The fourth-order valence-corrected chi connectivity index (χ4v) is 2.15. The monoisotopic (exact) mass is 299 g/mol. The summed E-state index contributed by atoms with van der Waals surface area (Å²) in [7, 11) is 1.55. The number of nitrogens with zero attached hydrogens (tertiary/aromatic N) is 1. The highest BCUT2D eigenvalue weighted by molar-refractivity contribution is 6.06. The van der Waals surface area contributed by atoms with E-state index >= 15 is 0 Å². The molecule has 0 aromatic heterocycles. The van der Waals surface area contributed by atoms with Crippen molar-refractivity contribution in [1.29, 1.82) is 0 Å². The van der Waals surface area contributed by atoms with Crippen LogP contribution in [0.5, 0.6) is 11.5 Å². The lowest BCUT2D eigenvalue weighted by Crippen LogP contribution is -2.04. The van der Waals surface area contributed by atoms with Gasteiger partial charge in [0.1, 0.15) is 30.4 Å². The number of benzene rings is 2. The van der Waals surface area contributed by atoms with E-state index in [2.05, 4.69) is 5.16 Å². The number of oxime groups is 1. The molecule has 0 fully saturated rings. The van der Waals surface area contributed by atoms with Gasteiger partial charge in [-0.25, -0.2) is 0 Å². The number of ether oxygens (including phenoxy) is 3. The molecular weight excluding hydrogens is 282 g/mol. The molecule has 0 saturated carbocycles. The average Bonchev–Trinajstić information content (AvgIpc) is 2.97. The van der Waals surface area contributed by atoms with Gasteiger partial charge in [-0.2, -0.15) is 0 Å². The van der Waals surface area contributed by atoms with Crippen molar-refractivity contribution in [2.24, 2.45) is 5.16 Å². The summed E-state index contributed by atoms with van der Waals surface area (Å²) in [6.07, 6.45) is 0. The third-order valence-corrected chi connectivity index (χ3v) is 3.22. The third kappa shape index (κ3) is 3.38. The molecule has 1 heterocycles. The number of hydrogen-bond acceptors (Lipinski definition) is 5. The Balaban J connectivity index is 1.66. The molecule has 0 saturated heterocycles. The average molecular weight is 299 g/mol. The lowest BCUT2D eigenvalue weighted by Gasteiger charge is -2.07. The molecule has 3 rings (SSSR count). The highest BCUT2D eigenvalue weighted by Gasteiger charge is 2.20. The van der Waals surface area contributed by atoms with E-state index in [-0.39, 0.29) is 6.79 Å². The van der Waals surface area contributed by atoms with Gasteiger partial charge in [0.05, 0.1) is 0 Å². The third-order valence-electron chi connectivity index (χ3n) is 3.22. The standard InChI is InChI=1S/C17H17NO4/c1-19-12-22-18-16-11-21-17-9-14(7-8-15(16)17)20-10-13-5-3-2-4-6-13/h2-9H,10-12H2,1H3. The lowest BCUT2D eigenvalue weighted by molar-refractivity contribution is -0.0284. The van der Waals surface area contributed by atoms with Gasteiger partial charge in [-0.15, -0.1) is 0 Å². The summed E-state index contributed by atoms with van der Waals surface area (Å²) in [5.41, 5.74) is 2.80. The minimum atomic E-state index is 0.122. The fourth-order valence-electron chi connectivity index (χ4n) is 2.15. The van der Waals surface area contributed by atoms with Gasteiger partial charge in [0.25, 0.3) is 0 Å². The van der Waals surface area contributed by atoms with E-state index in [0.29, 0.717) is 13.2 Å². The van der Waals surface area contributed by atoms with E-state index in [9.17, 15) is 0 Å². The summed E-state index contributed by atoms with van der Waals surface area (Å²) in [4.78, 5) is 5.01. The minimum Gasteiger partial charge on any atom is -0.489 e. The molecule has 1 aliphatic rings. The number of hydrogen-bond donors (Lipinski definition) is 0. The highest BCUT2D eigenvalue weighted by atomic mass is 16.7. The van der Waals surface area contributed by atoms with E-state index in [1.807, 2.05) is 48.5 Å². The van der Waals surface area contributed by atoms with Crippen LogP contribution in [0.3, 0.4) is 0 Å². The molecule has 0 spiro atoms. The summed E-state index contributed by atoms with van der Waals surface area (Å²) in [6.45, 7) is 1.04. The van der Waals surface area contributed by atoms with Crippen LogP contribution in [-0.4, -0.2) is 26.2 Å². The molecule has 0 N–H and O–H groups in total. The van der Waals surface area contributed by atoms with Crippen LogP contribution in [0.15, 0.2) is 53.7 Å². The lowest BCUT2D eigenvalue weighted by atomic mass is 10.1. The van der Waals surface area contributed by atoms with Crippen LogP contribution < -0.4 is 9.47 Å². The molecule has 0 bridgehead atoms. The summed E-state index contributed by atoms with van der Waals surface area (Å²) in [6, 6.07) is 15.7. The minimum absolute atomic E-state index is 0.122. The Morgan fingerprint density at radius 2 is 2.00 bits per heavy atom. The second kappa shape index (κ2) is 6.95. The molecule has 0 amide bonds. The predicted molar refractivity (Wildman–Crippen MR) is 82.2 cm³/mol. The zero-order valence-electron chi connectivity index (χ0n) is 12.3. The maximum Gasteiger partial charge on any atom is 0.216 e. The van der Waals surface area contributed by atoms with E-state index < -0.39 is 0 Å². The van der Waals surface area contributed by atoms with Gasteiger partial charge >= 0.3 is 0 Å². The molecule has 5 heteroatoms. The second-order valence-corrected chi connectivity index (χ2v) is 4.79. The van der Waals surface area contributed by atoms with Crippen molar-refractivity contribution in [3.63, 3.8) is 0 Å². The van der Waals surface area contributed by atoms with Crippen LogP contribution in [0.1, 0.15) is 11.1 Å². The molecule has 22 heavy (non-hydrogen) atoms. The van der Waals surface area contributed by atoms with Crippen molar-refractivity contribution < 1.29 is 19.0 Å². The molecule has 0 atom stereocenters. The van der Waals surface area contributed by atoms with Gasteiger partial charge in [-0.3, -0.25) is 0 Å². The molecule has 5 nitrogen and oxygen atoms in total. The fraction of sp³-hybridized carbons (Fsp3) is 0.235. The molecule has 2 aromatic carbocycles. The maximum atomic E-state index is 5.78. The molecule has 0 aliphatic carbocycles. The number of rotatable bonds is 6. The summed E-state index contributed by atoms with van der Waals surface area (Å²) in [5, 5.41) is 4.00. The van der Waals surface area contributed by atoms with Crippen LogP contribution in [0, 0.1) is 0 Å². The van der Waals surface area contributed by atoms with Gasteiger partial charge in [0.2, 0.25) is 6.79 Å². The van der Waals surface area contributed by atoms with E-state index in [1.165, 1.54) is 0 Å². The molecule has 2 aromatic rings. The topological polar surface area (TPSA) is 49.3 Å². The van der Waals surface area contributed by atoms with Crippen LogP contribution in [0.4, 0.5) is 0 Å². The first kappa shape index (κ1) is 14.4. The Morgan fingerprint density at radius 3 is 2.82 bits per heavy atom. The quantitative estimate of drug-likeness (QED) is 0.467. The summed E-state index contributed by atoms with van der Waals surface area (Å²) < 4.78 is 16.2. The van der Waals surface area contributed by atoms with Crippen molar-refractivity contribution in [2.75, 3.05) is 20.5 Å². The largest absolute Gasteiger partial charge is 0.489 e. The SMILES string of the molecule is COCON=C1COc2cc(OCc3ccccc3)ccc21. The zero-order valence-corrected chi connectivity index (χ0v) is 12.3. The van der Waals surface area contributed by atoms with Gasteiger partial charge in [-0.05, 0) is 17.7 Å². The van der Waals surface area contributed by atoms with Crippen molar-refractivity contribution >= 4 is 5.71 Å². The van der Waals surface area contributed by atoms with Gasteiger partial charge in [-0.1, -0.05) is 35.5 Å². The number of methoxy groups -OCH3 is 1. The van der Waals surface area contributed by atoms with Gasteiger partial charge in [0.15, 0.2) is 0 Å².